The molecule has 8 N–H and O–H groups in total. The fraction of sp³-hybridized carbons (Fsp3) is 0.780. The lowest BCUT2D eigenvalue weighted by Crippen LogP contribution is -2.45. The van der Waals surface area contributed by atoms with Crippen LogP contribution in [0.5, 0.6) is 0 Å². The molecule has 0 aromatic rings. The van der Waals surface area contributed by atoms with Gasteiger partial charge in [-0.3, -0.25) is 24.0 Å². The molecule has 4 amide bonds. The first-order valence-electron chi connectivity index (χ1n) is 21.4. The van der Waals surface area contributed by atoms with E-state index in [9.17, 15) is 58.5 Å². The maximum Gasteiger partial charge on any atom is 0.326 e. The van der Waals surface area contributed by atoms with Crippen LogP contribution in [0.25, 0.3) is 0 Å². The summed E-state index contributed by atoms with van der Waals surface area (Å²) >= 11 is 0. The summed E-state index contributed by atoms with van der Waals surface area (Å²) < 4.78 is 10.1. The first-order chi connectivity index (χ1) is 28.8. The second-order valence-corrected chi connectivity index (χ2v) is 14.7. The highest BCUT2D eigenvalue weighted by Gasteiger charge is 2.26. The Morgan fingerprint density at radius 1 is 0.417 bits per heavy atom. The maximum absolute atomic E-state index is 12.5. The Balaban J connectivity index is 4.26. The number of aliphatic carboxylic acids is 4. The second kappa shape index (κ2) is 37.4. The van der Waals surface area contributed by atoms with Crippen molar-refractivity contribution in [2.75, 3.05) is 33.0 Å². The minimum atomic E-state index is -1.54. The largest absolute Gasteiger partial charge is 0.481 e. The molecule has 0 bridgehead atoms. The molecule has 0 aromatic heterocycles. The van der Waals surface area contributed by atoms with Gasteiger partial charge in [0.05, 0.1) is 19.8 Å². The zero-order valence-electron chi connectivity index (χ0n) is 35.1. The molecule has 19 heteroatoms. The molecule has 0 rings (SSSR count). The lowest BCUT2D eigenvalue weighted by atomic mass is 10.0. The van der Waals surface area contributed by atoms with Crippen molar-refractivity contribution in [2.24, 2.45) is 0 Å². The number of aldehydes is 1. The summed E-state index contributed by atoms with van der Waals surface area (Å²) in [6, 6.07) is -4.34. The van der Waals surface area contributed by atoms with Gasteiger partial charge >= 0.3 is 23.9 Å². The van der Waals surface area contributed by atoms with Crippen molar-refractivity contribution < 1.29 is 73.1 Å². The Hall–Kier alpha value is -4.65. The van der Waals surface area contributed by atoms with Crippen LogP contribution in [-0.4, -0.2) is 125 Å². The van der Waals surface area contributed by atoms with Crippen LogP contribution in [0.3, 0.4) is 0 Å². The topological polar surface area (TPSA) is 301 Å². The van der Waals surface area contributed by atoms with Crippen LogP contribution in [0.4, 0.5) is 0 Å². The molecule has 0 aliphatic heterocycles. The van der Waals surface area contributed by atoms with Crippen LogP contribution in [0, 0.1) is 0 Å². The molecule has 0 aliphatic carbocycles. The summed E-state index contributed by atoms with van der Waals surface area (Å²) in [5.74, 6) is -7.53. The van der Waals surface area contributed by atoms with Crippen LogP contribution >= 0.6 is 0 Å². The Bertz CT molecular complexity index is 1280. The standard InChI is InChI=1S/C41H70N4O15/c46-26-28-60-30-29-59-27-25-42-34(47)22-19-31(39(53)54)44-36(49)24-21-33(41(57)58)45-37(50)23-20-32(40(55)56)43-35(48)17-15-13-11-9-7-5-3-1-2-4-6-8-10-12-14-16-18-38(51)52/h26,31-33H,1-25,27-30H2,(H,42,47)(H,43,48)(H,44,49)(H,45,50)(H,51,52)(H,53,54)(H,55,56)(H,57,58)/t31-,32?,33-/m0/s1. The van der Waals surface area contributed by atoms with Gasteiger partial charge in [0.2, 0.25) is 23.6 Å². The highest BCUT2D eigenvalue weighted by molar-refractivity contribution is 5.87. The van der Waals surface area contributed by atoms with Gasteiger partial charge < -0.3 is 56.0 Å². The molecule has 0 aliphatic rings. The first kappa shape index (κ1) is 55.4. The van der Waals surface area contributed by atoms with Crippen LogP contribution < -0.4 is 21.3 Å². The molecule has 0 saturated carbocycles. The zero-order valence-corrected chi connectivity index (χ0v) is 35.1. The van der Waals surface area contributed by atoms with Crippen LogP contribution in [0.15, 0.2) is 0 Å². The van der Waals surface area contributed by atoms with E-state index in [1.165, 1.54) is 51.4 Å². The smallest absolute Gasteiger partial charge is 0.326 e. The minimum absolute atomic E-state index is 0.0494. The van der Waals surface area contributed by atoms with Gasteiger partial charge in [-0.2, -0.15) is 0 Å². The van der Waals surface area contributed by atoms with Gasteiger partial charge in [0.25, 0.3) is 0 Å². The number of carboxylic acids is 4. The summed E-state index contributed by atoms with van der Waals surface area (Å²) in [7, 11) is 0. The molecular weight excluding hydrogens is 788 g/mol. The predicted molar refractivity (Wildman–Crippen MR) is 218 cm³/mol. The summed E-state index contributed by atoms with van der Waals surface area (Å²) in [5.41, 5.74) is 0. The van der Waals surface area contributed by atoms with E-state index in [0.29, 0.717) is 12.7 Å². The number of carbonyl (C=O) groups excluding carboxylic acids is 5. The molecule has 0 aromatic carbocycles. The first-order valence-corrected chi connectivity index (χ1v) is 21.4. The van der Waals surface area contributed by atoms with Gasteiger partial charge in [-0.1, -0.05) is 89.9 Å². The van der Waals surface area contributed by atoms with Crippen molar-refractivity contribution in [3.8, 4) is 0 Å². The van der Waals surface area contributed by atoms with E-state index in [4.69, 9.17) is 14.6 Å². The van der Waals surface area contributed by atoms with Gasteiger partial charge in [0.1, 0.15) is 31.0 Å². The molecule has 344 valence electrons. The van der Waals surface area contributed by atoms with E-state index in [0.717, 1.165) is 44.9 Å². The lowest BCUT2D eigenvalue weighted by molar-refractivity contribution is -0.144. The van der Waals surface area contributed by atoms with E-state index >= 15 is 0 Å². The molecule has 1 unspecified atom stereocenters. The number of carbonyl (C=O) groups is 9. The van der Waals surface area contributed by atoms with E-state index in [-0.39, 0.29) is 65.1 Å². The van der Waals surface area contributed by atoms with Crippen molar-refractivity contribution in [1.82, 2.24) is 21.3 Å². The van der Waals surface area contributed by atoms with Crippen molar-refractivity contribution in [1.29, 1.82) is 0 Å². The molecule has 0 heterocycles. The van der Waals surface area contributed by atoms with Crippen molar-refractivity contribution >= 4 is 53.8 Å². The highest BCUT2D eigenvalue weighted by Crippen LogP contribution is 2.15. The number of unbranched alkanes of at least 4 members (excludes halogenated alkanes) is 15. The Labute approximate surface area is 352 Å². The lowest BCUT2D eigenvalue weighted by Gasteiger charge is -2.18. The van der Waals surface area contributed by atoms with Crippen molar-refractivity contribution in [3.63, 3.8) is 0 Å². The van der Waals surface area contributed by atoms with Crippen LogP contribution in [0.2, 0.25) is 0 Å². The second-order valence-electron chi connectivity index (χ2n) is 14.7. The zero-order chi connectivity index (χ0) is 44.8. The van der Waals surface area contributed by atoms with Crippen LogP contribution in [0.1, 0.15) is 154 Å². The normalized spacial score (nSPS) is 12.4. The van der Waals surface area contributed by atoms with Gasteiger partial charge in [0, 0.05) is 38.6 Å². The Morgan fingerprint density at radius 2 is 0.750 bits per heavy atom. The predicted octanol–water partition coefficient (Wildman–Crippen LogP) is 3.49. The average Bonchev–Trinajstić information content (AvgIpc) is 3.19. The Kier molecular flexibility index (Phi) is 34.5. The molecule has 0 saturated heterocycles. The number of hydrogen-bond donors (Lipinski definition) is 8. The monoisotopic (exact) mass is 858 g/mol. The third-order valence-corrected chi connectivity index (χ3v) is 9.55. The summed E-state index contributed by atoms with van der Waals surface area (Å²) in [6.45, 7) is 0.653. The average molecular weight is 859 g/mol. The van der Waals surface area contributed by atoms with Gasteiger partial charge in [-0.05, 0) is 32.1 Å². The molecule has 0 radical (unpaired) electrons. The van der Waals surface area contributed by atoms with E-state index < -0.39 is 84.9 Å². The van der Waals surface area contributed by atoms with E-state index in [1.807, 2.05) is 0 Å². The van der Waals surface area contributed by atoms with E-state index in [2.05, 4.69) is 21.3 Å². The third kappa shape index (κ3) is 34.2. The number of amides is 4. The highest BCUT2D eigenvalue weighted by atomic mass is 16.5. The molecule has 19 nitrogen and oxygen atoms in total. The van der Waals surface area contributed by atoms with Gasteiger partial charge in [0.15, 0.2) is 0 Å². The number of hydrogen-bond acceptors (Lipinski definition) is 11. The third-order valence-electron chi connectivity index (χ3n) is 9.55. The molecule has 0 spiro atoms. The summed E-state index contributed by atoms with van der Waals surface area (Å²) in [6.07, 6.45) is 16.0. The molecular formula is C41H70N4O15. The number of rotatable bonds is 42. The van der Waals surface area contributed by atoms with E-state index in [1.54, 1.807) is 0 Å². The van der Waals surface area contributed by atoms with Crippen molar-refractivity contribution in [3.05, 3.63) is 0 Å². The molecule has 60 heavy (non-hydrogen) atoms. The van der Waals surface area contributed by atoms with Crippen molar-refractivity contribution in [2.45, 2.75) is 172 Å². The summed E-state index contributed by atoms with van der Waals surface area (Å²) in [4.78, 5) is 105. The quantitative estimate of drug-likeness (QED) is 0.0322. The van der Waals surface area contributed by atoms with Gasteiger partial charge in [-0.15, -0.1) is 0 Å². The number of carboxylic acid groups (broad SMARTS) is 4. The van der Waals surface area contributed by atoms with Gasteiger partial charge in [-0.25, -0.2) is 14.4 Å². The maximum atomic E-state index is 12.5. The number of nitrogens with one attached hydrogen (secondary N) is 4. The SMILES string of the molecule is O=CCOCCOCCNC(=O)CC[C@H](NC(=O)CC[C@H](NC(=O)CCC(NC(=O)CCCCCCCCCCCCCCCCCCC(=O)O)C(=O)O)C(=O)O)C(=O)O. The van der Waals surface area contributed by atoms with Crippen LogP contribution in [-0.2, 0) is 52.6 Å². The summed E-state index contributed by atoms with van der Waals surface area (Å²) in [5, 5.41) is 46.7. The number of ether oxygens (including phenoxy) is 2. The molecule has 0 fully saturated rings. The molecule has 3 atom stereocenters. The minimum Gasteiger partial charge on any atom is -0.481 e. The fourth-order valence-electron chi connectivity index (χ4n) is 6.14. The Morgan fingerprint density at radius 3 is 1.12 bits per heavy atom. The fourth-order valence-corrected chi connectivity index (χ4v) is 6.14.